The van der Waals surface area contributed by atoms with Gasteiger partial charge in [-0.2, -0.15) is 13.8 Å². The summed E-state index contributed by atoms with van der Waals surface area (Å²) in [5.74, 6) is -7.23. The molecule has 0 saturated carbocycles. The van der Waals surface area contributed by atoms with Crippen LogP contribution in [0.5, 0.6) is 0 Å². The number of carbonyl (C=O) groups excluding carboxylic acids is 1. The van der Waals surface area contributed by atoms with Gasteiger partial charge in [0.1, 0.15) is 0 Å². The van der Waals surface area contributed by atoms with Gasteiger partial charge in [0, 0.05) is 5.75 Å². The van der Waals surface area contributed by atoms with Crippen molar-refractivity contribution in [3.8, 4) is 0 Å². The molecular weight excluding hydrogens is 262 g/mol. The number of thioether (sulfide) groups is 1. The Hall–Kier alpha value is -1.31. The number of methoxy groups -OCH3 is 1. The number of aromatic nitrogens is 1. The van der Waals surface area contributed by atoms with Crippen LogP contribution in [0, 0.1) is 23.5 Å². The molecule has 1 heterocycles. The molecule has 0 aliphatic rings. The lowest BCUT2D eigenvalue weighted by Crippen LogP contribution is -2.04. The minimum atomic E-state index is -1.72. The number of esters is 1. The molecule has 8 heteroatoms. The minimum absolute atomic E-state index is 0.0661. The zero-order chi connectivity index (χ0) is 13.0. The molecule has 0 aromatic carbocycles. The van der Waals surface area contributed by atoms with Gasteiger partial charge in [-0.05, 0) is 0 Å². The van der Waals surface area contributed by atoms with Gasteiger partial charge in [-0.1, -0.05) is 0 Å². The van der Waals surface area contributed by atoms with E-state index in [1.54, 1.807) is 0 Å². The standard InChI is InChI=1S/C9H7F4NO2S/c1-16-4(15)2-3-17-7-5(10)8(12)14-9(13)6(7)11/h2-3H2,1H3. The molecule has 0 unspecified atom stereocenters. The van der Waals surface area contributed by atoms with Crippen LogP contribution < -0.4 is 0 Å². The van der Waals surface area contributed by atoms with Crippen LogP contribution in [0.15, 0.2) is 4.90 Å². The van der Waals surface area contributed by atoms with Crippen molar-refractivity contribution >= 4 is 17.7 Å². The maximum Gasteiger partial charge on any atom is 0.306 e. The van der Waals surface area contributed by atoms with Gasteiger partial charge in [0.25, 0.3) is 11.9 Å². The molecule has 0 aliphatic heterocycles. The molecule has 0 N–H and O–H groups in total. The molecule has 0 fully saturated rings. The van der Waals surface area contributed by atoms with Crippen LogP contribution >= 0.6 is 11.8 Å². The lowest BCUT2D eigenvalue weighted by atomic mass is 10.4. The summed E-state index contributed by atoms with van der Waals surface area (Å²) >= 11 is 0.475. The van der Waals surface area contributed by atoms with E-state index in [9.17, 15) is 22.4 Å². The first kappa shape index (κ1) is 13.8. The van der Waals surface area contributed by atoms with Gasteiger partial charge in [0.05, 0.1) is 18.4 Å². The Kier molecular flexibility index (Phi) is 4.73. The normalized spacial score (nSPS) is 10.4. The molecule has 0 amide bonds. The molecule has 0 radical (unpaired) electrons. The van der Waals surface area contributed by atoms with Crippen LogP contribution in [-0.2, 0) is 9.53 Å². The number of carbonyl (C=O) groups is 1. The van der Waals surface area contributed by atoms with Gasteiger partial charge >= 0.3 is 5.97 Å². The summed E-state index contributed by atoms with van der Waals surface area (Å²) in [5.41, 5.74) is 0. The highest BCUT2D eigenvalue weighted by molar-refractivity contribution is 7.99. The highest BCUT2D eigenvalue weighted by Gasteiger charge is 2.21. The average Bonchev–Trinajstić information content (AvgIpc) is 2.30. The number of halogens is 4. The van der Waals surface area contributed by atoms with E-state index in [2.05, 4.69) is 9.72 Å². The number of ether oxygens (including phenoxy) is 1. The largest absolute Gasteiger partial charge is 0.469 e. The molecule has 0 saturated heterocycles. The SMILES string of the molecule is COC(=O)CCSc1c(F)c(F)nc(F)c1F. The molecule has 3 nitrogen and oxygen atoms in total. The molecule has 1 rings (SSSR count). The highest BCUT2D eigenvalue weighted by atomic mass is 32.2. The first-order chi connectivity index (χ1) is 7.97. The molecule has 94 valence electrons. The van der Waals surface area contributed by atoms with Gasteiger partial charge in [-0.15, -0.1) is 11.8 Å². The van der Waals surface area contributed by atoms with Gasteiger partial charge < -0.3 is 4.74 Å². The third kappa shape index (κ3) is 3.32. The average molecular weight is 269 g/mol. The summed E-state index contributed by atoms with van der Waals surface area (Å²) in [6.07, 6.45) is -0.133. The van der Waals surface area contributed by atoms with Crippen molar-refractivity contribution < 1.29 is 27.1 Å². The summed E-state index contributed by atoms with van der Waals surface area (Å²) in [6.45, 7) is 0. The first-order valence-electron chi connectivity index (χ1n) is 4.37. The Morgan fingerprint density at radius 3 is 2.24 bits per heavy atom. The van der Waals surface area contributed by atoms with Crippen molar-refractivity contribution in [1.29, 1.82) is 0 Å². The molecule has 0 bridgehead atoms. The van der Waals surface area contributed by atoms with E-state index in [4.69, 9.17) is 0 Å². The second-order valence-electron chi connectivity index (χ2n) is 2.83. The maximum absolute atomic E-state index is 13.1. The predicted octanol–water partition coefficient (Wildman–Crippen LogP) is 2.29. The summed E-state index contributed by atoms with van der Waals surface area (Å²) in [7, 11) is 1.15. The van der Waals surface area contributed by atoms with E-state index in [0.29, 0.717) is 11.8 Å². The Labute approximate surface area is 98.2 Å². The summed E-state index contributed by atoms with van der Waals surface area (Å²) in [5, 5.41) is 0. The van der Waals surface area contributed by atoms with E-state index < -0.39 is 34.4 Å². The number of pyridine rings is 1. The van der Waals surface area contributed by atoms with Crippen LogP contribution in [0.2, 0.25) is 0 Å². The van der Waals surface area contributed by atoms with E-state index in [-0.39, 0.29) is 12.2 Å². The molecule has 1 aromatic rings. The molecule has 0 aliphatic carbocycles. The molecule has 17 heavy (non-hydrogen) atoms. The summed E-state index contributed by atoms with van der Waals surface area (Å²) in [4.78, 5) is 12.3. The lowest BCUT2D eigenvalue weighted by molar-refractivity contribution is -0.140. The van der Waals surface area contributed by atoms with Crippen molar-refractivity contribution in [2.75, 3.05) is 12.9 Å². The van der Waals surface area contributed by atoms with Crippen LogP contribution in [0.1, 0.15) is 6.42 Å². The zero-order valence-electron chi connectivity index (χ0n) is 8.60. The highest BCUT2D eigenvalue weighted by Crippen LogP contribution is 2.27. The number of hydrogen-bond donors (Lipinski definition) is 0. The number of nitrogens with zero attached hydrogens (tertiary/aromatic N) is 1. The third-order valence-corrected chi connectivity index (χ3v) is 2.79. The van der Waals surface area contributed by atoms with Gasteiger partial charge in [0.2, 0.25) is 0 Å². The summed E-state index contributed by atoms with van der Waals surface area (Å²) < 4.78 is 55.8. The van der Waals surface area contributed by atoms with Crippen molar-refractivity contribution in [2.45, 2.75) is 11.3 Å². The second-order valence-corrected chi connectivity index (χ2v) is 3.93. The Morgan fingerprint density at radius 1 is 1.24 bits per heavy atom. The Balaban J connectivity index is 2.80. The molecule has 0 spiro atoms. The van der Waals surface area contributed by atoms with Crippen molar-refractivity contribution in [3.63, 3.8) is 0 Å². The fraction of sp³-hybridized carbons (Fsp3) is 0.333. The quantitative estimate of drug-likeness (QED) is 0.364. The first-order valence-corrected chi connectivity index (χ1v) is 5.35. The van der Waals surface area contributed by atoms with Crippen LogP contribution in [0.25, 0.3) is 0 Å². The molecule has 1 aromatic heterocycles. The Morgan fingerprint density at radius 2 is 1.76 bits per heavy atom. The van der Waals surface area contributed by atoms with E-state index >= 15 is 0 Å². The van der Waals surface area contributed by atoms with Crippen molar-refractivity contribution in [1.82, 2.24) is 4.98 Å². The van der Waals surface area contributed by atoms with Crippen LogP contribution in [-0.4, -0.2) is 23.8 Å². The van der Waals surface area contributed by atoms with E-state index in [0.717, 1.165) is 7.11 Å². The lowest BCUT2D eigenvalue weighted by Gasteiger charge is -2.05. The van der Waals surface area contributed by atoms with Gasteiger partial charge in [0.15, 0.2) is 11.6 Å². The monoisotopic (exact) mass is 269 g/mol. The third-order valence-electron chi connectivity index (χ3n) is 1.74. The van der Waals surface area contributed by atoms with Gasteiger partial charge in [-0.3, -0.25) is 4.79 Å². The van der Waals surface area contributed by atoms with E-state index in [1.807, 2.05) is 0 Å². The van der Waals surface area contributed by atoms with Crippen LogP contribution in [0.4, 0.5) is 17.6 Å². The maximum atomic E-state index is 13.1. The topological polar surface area (TPSA) is 39.2 Å². The van der Waals surface area contributed by atoms with Crippen LogP contribution in [0.3, 0.4) is 0 Å². The molecular formula is C9H7F4NO2S. The molecule has 0 atom stereocenters. The smallest absolute Gasteiger partial charge is 0.306 e. The van der Waals surface area contributed by atoms with Gasteiger partial charge in [-0.25, -0.2) is 8.78 Å². The van der Waals surface area contributed by atoms with Crippen molar-refractivity contribution in [2.24, 2.45) is 0 Å². The van der Waals surface area contributed by atoms with E-state index in [1.165, 1.54) is 0 Å². The number of hydrogen-bond acceptors (Lipinski definition) is 4. The second kappa shape index (κ2) is 5.85. The fourth-order valence-corrected chi connectivity index (χ4v) is 1.83. The Bertz CT molecular complexity index is 415. The number of rotatable bonds is 4. The fourth-order valence-electron chi connectivity index (χ4n) is 0.933. The summed E-state index contributed by atoms with van der Waals surface area (Å²) in [6, 6.07) is 0. The predicted molar refractivity (Wildman–Crippen MR) is 51.4 cm³/mol. The zero-order valence-corrected chi connectivity index (χ0v) is 9.41. The minimum Gasteiger partial charge on any atom is -0.469 e. The van der Waals surface area contributed by atoms with Crippen molar-refractivity contribution in [3.05, 3.63) is 23.5 Å².